The summed E-state index contributed by atoms with van der Waals surface area (Å²) in [5.41, 5.74) is 0. The summed E-state index contributed by atoms with van der Waals surface area (Å²) in [7, 11) is -3.92. The normalized spacial score (nSPS) is 17.6. The number of rotatable bonds is 11. The van der Waals surface area contributed by atoms with Crippen molar-refractivity contribution < 1.29 is 17.5 Å². The van der Waals surface area contributed by atoms with Gasteiger partial charge in [0, 0.05) is 25.0 Å². The van der Waals surface area contributed by atoms with Crippen molar-refractivity contribution in [2.24, 2.45) is 5.92 Å². The van der Waals surface area contributed by atoms with E-state index in [1.54, 1.807) is 0 Å². The zero-order valence-electron chi connectivity index (χ0n) is 15.4. The quantitative estimate of drug-likeness (QED) is 0.320. The van der Waals surface area contributed by atoms with Gasteiger partial charge in [0.15, 0.2) is 0 Å². The van der Waals surface area contributed by atoms with Crippen LogP contribution >= 0.6 is 0 Å². The summed E-state index contributed by atoms with van der Waals surface area (Å²) in [5, 5.41) is 0. The minimum Gasteiger partial charge on any atom is -0.748 e. The highest BCUT2D eigenvalue weighted by Gasteiger charge is 2.19. The first-order valence-corrected chi connectivity index (χ1v) is 11.2. The molecule has 0 aromatic carbocycles. The monoisotopic (exact) mass is 347 g/mol. The van der Waals surface area contributed by atoms with E-state index >= 15 is 0 Å². The van der Waals surface area contributed by atoms with E-state index in [2.05, 4.69) is 24.6 Å². The molecular weight excluding hydrogens is 310 g/mol. The predicted molar refractivity (Wildman–Crippen MR) is 97.3 cm³/mol. The molecule has 23 heavy (non-hydrogen) atoms. The van der Waals surface area contributed by atoms with Gasteiger partial charge in [0.05, 0.1) is 10.1 Å². The fraction of sp³-hybridized carbons (Fsp3) is 0.944. The predicted octanol–water partition coefficient (Wildman–Crippen LogP) is 4.19. The zero-order chi connectivity index (χ0) is 17.6. The second-order valence-electron chi connectivity index (χ2n) is 6.67. The van der Waals surface area contributed by atoms with Crippen LogP contribution in [0.3, 0.4) is 0 Å². The highest BCUT2D eigenvalue weighted by molar-refractivity contribution is 7.84. The molecular formula is C18H37NO3S. The molecule has 138 valence electrons. The first-order valence-electron chi connectivity index (χ1n) is 9.36. The summed E-state index contributed by atoms with van der Waals surface area (Å²) in [6.45, 7) is 7.23. The van der Waals surface area contributed by atoms with Gasteiger partial charge in [-0.05, 0) is 12.8 Å². The summed E-state index contributed by atoms with van der Waals surface area (Å²) in [5.74, 6) is 0.878. The molecule has 1 heterocycles. The van der Waals surface area contributed by atoms with Crippen LogP contribution in [0.5, 0.6) is 0 Å². The molecule has 0 N–H and O–H groups in total. The van der Waals surface area contributed by atoms with Crippen molar-refractivity contribution in [3.63, 3.8) is 0 Å². The maximum Gasteiger partial charge on any atom is 0.143 e. The third-order valence-corrected chi connectivity index (χ3v) is 4.28. The Kier molecular flexibility index (Phi) is 13.7. The first-order chi connectivity index (χ1) is 10.9. The van der Waals surface area contributed by atoms with Gasteiger partial charge >= 0.3 is 0 Å². The van der Waals surface area contributed by atoms with Crippen molar-refractivity contribution >= 4 is 16.3 Å². The number of unbranched alkanes of at least 4 members (excludes halogenated alkanes) is 8. The lowest BCUT2D eigenvalue weighted by Gasteiger charge is -2.01. The smallest absolute Gasteiger partial charge is 0.143 e. The molecule has 0 aromatic heterocycles. The Labute approximate surface area is 144 Å². The van der Waals surface area contributed by atoms with Crippen LogP contribution in [0.4, 0.5) is 0 Å². The van der Waals surface area contributed by atoms with Crippen LogP contribution in [0.1, 0.15) is 84.5 Å². The van der Waals surface area contributed by atoms with Crippen molar-refractivity contribution in [2.45, 2.75) is 84.5 Å². The minimum absolute atomic E-state index is 0.604. The van der Waals surface area contributed by atoms with E-state index in [9.17, 15) is 0 Å². The lowest BCUT2D eigenvalue weighted by atomic mass is 10.1. The third kappa shape index (κ3) is 17.8. The van der Waals surface area contributed by atoms with Crippen LogP contribution in [-0.4, -0.2) is 43.1 Å². The van der Waals surface area contributed by atoms with Crippen molar-refractivity contribution in [3.05, 3.63) is 0 Å². The van der Waals surface area contributed by atoms with Crippen LogP contribution < -0.4 is 0 Å². The maximum absolute atomic E-state index is 9.08. The molecule has 0 amide bonds. The van der Waals surface area contributed by atoms with E-state index < -0.39 is 10.1 Å². The average Bonchev–Trinajstić information content (AvgIpc) is 2.92. The second kappa shape index (κ2) is 14.0. The molecule has 1 aliphatic heterocycles. The van der Waals surface area contributed by atoms with Gasteiger partial charge in [-0.2, -0.15) is 0 Å². The van der Waals surface area contributed by atoms with Gasteiger partial charge in [0.2, 0.25) is 0 Å². The third-order valence-electron chi connectivity index (χ3n) is 4.28. The molecule has 0 saturated heterocycles. The Bertz CT molecular complexity index is 396. The summed E-state index contributed by atoms with van der Waals surface area (Å²) >= 11 is 0. The Morgan fingerprint density at radius 1 is 1.00 bits per heavy atom. The molecule has 0 aliphatic carbocycles. The molecule has 5 heteroatoms. The van der Waals surface area contributed by atoms with Gasteiger partial charge in [0.1, 0.15) is 19.3 Å². The molecule has 0 saturated carbocycles. The number of hydrogen-bond donors (Lipinski definition) is 0. The largest absolute Gasteiger partial charge is 0.748 e. The van der Waals surface area contributed by atoms with Crippen LogP contribution in [-0.2, 0) is 10.1 Å². The molecule has 0 spiro atoms. The molecule has 1 aliphatic rings. The van der Waals surface area contributed by atoms with E-state index in [-0.39, 0.29) is 0 Å². The van der Waals surface area contributed by atoms with Crippen LogP contribution in [0.25, 0.3) is 0 Å². The topological polar surface area (TPSA) is 60.2 Å². The summed E-state index contributed by atoms with van der Waals surface area (Å²) < 4.78 is 29.8. The van der Waals surface area contributed by atoms with Crippen molar-refractivity contribution in [1.82, 2.24) is 0 Å². The molecule has 1 rings (SSSR count). The Balaban J connectivity index is 0.000000841. The van der Waals surface area contributed by atoms with Gasteiger partial charge in [-0.1, -0.05) is 58.8 Å². The number of hydrogen-bond acceptors (Lipinski definition) is 3. The SMILES string of the molecule is CCCCCCCCCCC[N+]1=CC(CC)CC1.CS(=O)(=O)[O-]. The molecule has 0 bridgehead atoms. The van der Waals surface area contributed by atoms with E-state index in [0.717, 1.165) is 5.92 Å². The molecule has 4 nitrogen and oxygen atoms in total. The summed E-state index contributed by atoms with van der Waals surface area (Å²) in [6, 6.07) is 0. The zero-order valence-corrected chi connectivity index (χ0v) is 16.2. The van der Waals surface area contributed by atoms with Crippen molar-refractivity contribution in [1.29, 1.82) is 0 Å². The lowest BCUT2D eigenvalue weighted by molar-refractivity contribution is -0.516. The Morgan fingerprint density at radius 3 is 1.91 bits per heavy atom. The molecule has 0 radical (unpaired) electrons. The van der Waals surface area contributed by atoms with E-state index in [4.69, 9.17) is 13.0 Å². The van der Waals surface area contributed by atoms with Gasteiger partial charge in [-0.3, -0.25) is 0 Å². The van der Waals surface area contributed by atoms with Gasteiger partial charge < -0.3 is 4.55 Å². The van der Waals surface area contributed by atoms with Crippen LogP contribution in [0.2, 0.25) is 0 Å². The number of nitrogens with zero attached hydrogens (tertiary/aromatic N) is 1. The summed E-state index contributed by atoms with van der Waals surface area (Å²) in [6.07, 6.45) is 18.8. The van der Waals surface area contributed by atoms with Gasteiger partial charge in [0.25, 0.3) is 0 Å². The highest BCUT2D eigenvalue weighted by atomic mass is 32.2. The standard InChI is InChI=1S/C17H34N.CH4O3S/c1-3-5-6-7-8-9-10-11-12-14-18-15-13-17(4-2)16-18;1-5(2,3)4/h16-17H,3-15H2,1-2H3;1H3,(H,2,3,4)/q+1;/p-1. The van der Waals surface area contributed by atoms with Crippen LogP contribution in [0, 0.1) is 5.92 Å². The van der Waals surface area contributed by atoms with Gasteiger partial charge in [-0.25, -0.2) is 13.0 Å². The molecule has 0 fully saturated rings. The molecule has 0 aromatic rings. The van der Waals surface area contributed by atoms with Crippen molar-refractivity contribution in [2.75, 3.05) is 19.3 Å². The van der Waals surface area contributed by atoms with E-state index in [1.807, 2.05) is 0 Å². The van der Waals surface area contributed by atoms with Crippen LogP contribution in [0.15, 0.2) is 0 Å². The molecule has 1 unspecified atom stereocenters. The average molecular weight is 348 g/mol. The fourth-order valence-corrected chi connectivity index (χ4v) is 2.90. The van der Waals surface area contributed by atoms with Gasteiger partial charge in [-0.15, -0.1) is 0 Å². The first kappa shape index (κ1) is 22.6. The van der Waals surface area contributed by atoms with E-state index in [0.29, 0.717) is 6.26 Å². The molecule has 1 atom stereocenters. The Hall–Kier alpha value is -0.420. The van der Waals surface area contributed by atoms with E-state index in [1.165, 1.54) is 83.7 Å². The highest BCUT2D eigenvalue weighted by Crippen LogP contribution is 2.13. The second-order valence-corrected chi connectivity index (χ2v) is 8.08. The van der Waals surface area contributed by atoms with Crippen molar-refractivity contribution in [3.8, 4) is 0 Å². The lowest BCUT2D eigenvalue weighted by Crippen LogP contribution is -2.10. The Morgan fingerprint density at radius 2 is 1.48 bits per heavy atom. The minimum atomic E-state index is -3.92. The summed E-state index contributed by atoms with van der Waals surface area (Å²) in [4.78, 5) is 0. The fourth-order valence-electron chi connectivity index (χ4n) is 2.90. The maximum atomic E-state index is 9.08.